The molecule has 0 aliphatic carbocycles. The van der Waals surface area contributed by atoms with Crippen LogP contribution in [0.1, 0.15) is 68.6 Å². The van der Waals surface area contributed by atoms with Gasteiger partial charge in [0.1, 0.15) is 12.4 Å². The summed E-state index contributed by atoms with van der Waals surface area (Å²) in [4.78, 5) is 22.2. The molecule has 0 spiro atoms. The van der Waals surface area contributed by atoms with E-state index < -0.39 is 11.4 Å². The molecule has 204 valence electrons. The van der Waals surface area contributed by atoms with Crippen LogP contribution < -0.4 is 4.89 Å². The maximum Gasteiger partial charge on any atom is 0.335 e. The zero-order valence-corrected chi connectivity index (χ0v) is 23.5. The van der Waals surface area contributed by atoms with Gasteiger partial charge in [-0.15, -0.1) is 6.58 Å². The number of carboxylic acid groups (broad SMARTS) is 1. The second kappa shape index (κ2) is 10.6. The topological polar surface area (TPSA) is 80.9 Å². The Bertz CT molecular complexity index is 1520. The molecule has 4 aromatic rings. The number of phenols is 1. The number of rotatable bonds is 9. The number of carbonyl (C=O) groups is 1. The highest BCUT2D eigenvalue weighted by Gasteiger charge is 2.32. The number of carboxylic acids is 1. The molecule has 0 aliphatic heterocycles. The van der Waals surface area contributed by atoms with Gasteiger partial charge in [0, 0.05) is 40.2 Å². The van der Waals surface area contributed by atoms with Crippen molar-refractivity contribution in [3.8, 4) is 22.6 Å². The van der Waals surface area contributed by atoms with Crippen LogP contribution in [-0.2, 0) is 28.9 Å². The number of aromatic nitrogens is 1. The largest absolute Gasteiger partial charge is 0.508 e. The van der Waals surface area contributed by atoms with Gasteiger partial charge in [0.25, 0.3) is 0 Å². The average molecular weight is 528 g/mol. The molecule has 0 saturated heterocycles. The molecule has 6 nitrogen and oxygen atoms in total. The molecule has 0 fully saturated rings. The van der Waals surface area contributed by atoms with E-state index in [4.69, 9.17) is 14.9 Å². The summed E-state index contributed by atoms with van der Waals surface area (Å²) < 4.78 is 2.20. The molecule has 0 aliphatic rings. The van der Waals surface area contributed by atoms with Gasteiger partial charge >= 0.3 is 5.97 Å². The van der Waals surface area contributed by atoms with Gasteiger partial charge in [0.05, 0.1) is 5.56 Å². The van der Waals surface area contributed by atoms with Crippen molar-refractivity contribution in [2.75, 3.05) is 0 Å². The first-order valence-corrected chi connectivity index (χ1v) is 13.1. The van der Waals surface area contributed by atoms with Gasteiger partial charge in [-0.1, -0.05) is 58.9 Å². The second-order valence-corrected chi connectivity index (χ2v) is 11.4. The number of aromatic carboxylic acids is 1. The lowest BCUT2D eigenvalue weighted by Gasteiger charge is -2.33. The van der Waals surface area contributed by atoms with Crippen molar-refractivity contribution in [2.45, 2.75) is 65.5 Å². The van der Waals surface area contributed by atoms with Crippen LogP contribution in [0.5, 0.6) is 11.5 Å². The Morgan fingerprint density at radius 1 is 0.974 bits per heavy atom. The van der Waals surface area contributed by atoms with Crippen molar-refractivity contribution in [3.63, 3.8) is 0 Å². The van der Waals surface area contributed by atoms with Gasteiger partial charge < -0.3 is 19.7 Å². The van der Waals surface area contributed by atoms with Crippen LogP contribution in [0.2, 0.25) is 0 Å². The van der Waals surface area contributed by atoms with Crippen molar-refractivity contribution >= 4 is 16.9 Å². The molecule has 0 saturated carbocycles. The van der Waals surface area contributed by atoms with E-state index in [1.54, 1.807) is 30.3 Å². The fourth-order valence-electron chi connectivity index (χ4n) is 5.06. The molecule has 0 atom stereocenters. The Morgan fingerprint density at radius 3 is 2.26 bits per heavy atom. The van der Waals surface area contributed by atoms with E-state index in [0.717, 1.165) is 45.3 Å². The summed E-state index contributed by atoms with van der Waals surface area (Å²) >= 11 is 0. The van der Waals surface area contributed by atoms with Gasteiger partial charge in [-0.05, 0) is 65.4 Å². The Hall–Kier alpha value is -4.03. The fourth-order valence-corrected chi connectivity index (χ4v) is 5.06. The Labute approximate surface area is 230 Å². The van der Waals surface area contributed by atoms with Crippen molar-refractivity contribution in [2.24, 2.45) is 0 Å². The smallest absolute Gasteiger partial charge is 0.335 e. The third-order valence-corrected chi connectivity index (χ3v) is 7.15. The van der Waals surface area contributed by atoms with Crippen LogP contribution >= 0.6 is 0 Å². The molecule has 4 rings (SSSR count). The number of nitrogens with zero attached hydrogens (tertiary/aromatic N) is 1. The van der Waals surface area contributed by atoms with Crippen LogP contribution in [0.25, 0.3) is 22.0 Å². The number of benzene rings is 3. The van der Waals surface area contributed by atoms with Gasteiger partial charge in [0.2, 0.25) is 0 Å². The lowest BCUT2D eigenvalue weighted by molar-refractivity contribution is -0.217. The van der Waals surface area contributed by atoms with Crippen LogP contribution in [0, 0.1) is 0 Å². The zero-order chi connectivity index (χ0) is 28.5. The van der Waals surface area contributed by atoms with E-state index in [1.807, 2.05) is 30.3 Å². The first-order chi connectivity index (χ1) is 18.4. The van der Waals surface area contributed by atoms with Gasteiger partial charge in [-0.3, -0.25) is 0 Å². The number of aryl methyl sites for hydroxylation is 1. The monoisotopic (exact) mass is 527 g/mol. The SMILES string of the molecule is C=CC(C)(C)c1c(-c2cn(CC)c3ccc(OOCc4ccc(C(=O)O)cc4)cc23)ccc(O)c1C(C)(C)C. The minimum atomic E-state index is -0.968. The van der Waals surface area contributed by atoms with Crippen molar-refractivity contribution in [1.29, 1.82) is 0 Å². The van der Waals surface area contributed by atoms with E-state index in [1.165, 1.54) is 0 Å². The molecule has 2 N–H and O–H groups in total. The van der Waals surface area contributed by atoms with Crippen molar-refractivity contribution < 1.29 is 24.8 Å². The number of allylic oxidation sites excluding steroid dienone is 1. The van der Waals surface area contributed by atoms with E-state index in [2.05, 4.69) is 58.9 Å². The van der Waals surface area contributed by atoms with E-state index in [-0.39, 0.29) is 23.3 Å². The maximum atomic E-state index is 11.1. The molecule has 6 heteroatoms. The predicted octanol–water partition coefficient (Wildman–Crippen LogP) is 8.00. The second-order valence-electron chi connectivity index (χ2n) is 11.4. The van der Waals surface area contributed by atoms with Crippen LogP contribution in [0.15, 0.2) is 73.4 Å². The molecule has 39 heavy (non-hydrogen) atoms. The van der Waals surface area contributed by atoms with E-state index >= 15 is 0 Å². The first kappa shape index (κ1) is 28.0. The summed E-state index contributed by atoms with van der Waals surface area (Å²) in [5.41, 5.74) is 5.44. The van der Waals surface area contributed by atoms with Gasteiger partial charge in [-0.2, -0.15) is 4.89 Å². The van der Waals surface area contributed by atoms with Gasteiger partial charge in [0.15, 0.2) is 5.75 Å². The fraction of sp³-hybridized carbons (Fsp3) is 0.303. The summed E-state index contributed by atoms with van der Waals surface area (Å²) in [5, 5.41) is 21.1. The molecular weight excluding hydrogens is 490 g/mol. The highest BCUT2D eigenvalue weighted by atomic mass is 17.2. The number of fused-ring (bicyclic) bond motifs is 1. The molecule has 3 aromatic carbocycles. The molecular formula is C33H37NO5. The number of hydrogen-bond acceptors (Lipinski definition) is 4. The minimum Gasteiger partial charge on any atom is -0.508 e. The van der Waals surface area contributed by atoms with Crippen LogP contribution in [0.4, 0.5) is 0 Å². The van der Waals surface area contributed by atoms with Crippen molar-refractivity contribution in [3.05, 3.63) is 95.7 Å². The predicted molar refractivity (Wildman–Crippen MR) is 155 cm³/mol. The molecule has 1 heterocycles. The minimum absolute atomic E-state index is 0.172. The summed E-state index contributed by atoms with van der Waals surface area (Å²) in [6, 6.07) is 16.1. The molecule has 1 aromatic heterocycles. The maximum absolute atomic E-state index is 11.1. The number of phenolic OH excluding ortho intramolecular Hbond substituents is 1. The molecule has 0 amide bonds. The number of aromatic hydroxyl groups is 1. The quantitative estimate of drug-likeness (QED) is 0.131. The third kappa shape index (κ3) is 5.57. The lowest BCUT2D eigenvalue weighted by Crippen LogP contribution is -2.24. The molecule has 0 unspecified atom stereocenters. The highest BCUT2D eigenvalue weighted by Crippen LogP contribution is 2.47. The Balaban J connectivity index is 1.77. The van der Waals surface area contributed by atoms with Crippen LogP contribution in [0.3, 0.4) is 0 Å². The summed E-state index contributed by atoms with van der Waals surface area (Å²) in [7, 11) is 0. The zero-order valence-electron chi connectivity index (χ0n) is 23.5. The Kier molecular flexibility index (Phi) is 7.62. The Morgan fingerprint density at radius 2 is 1.67 bits per heavy atom. The van der Waals surface area contributed by atoms with E-state index in [0.29, 0.717) is 5.75 Å². The summed E-state index contributed by atoms with van der Waals surface area (Å²) in [6.45, 7) is 17.8. The summed E-state index contributed by atoms with van der Waals surface area (Å²) in [5.74, 6) is -0.131. The first-order valence-electron chi connectivity index (χ1n) is 13.1. The normalized spacial score (nSPS) is 12.1. The molecule has 0 bridgehead atoms. The average Bonchev–Trinajstić information content (AvgIpc) is 3.26. The highest BCUT2D eigenvalue weighted by molar-refractivity contribution is 5.98. The molecule has 0 radical (unpaired) electrons. The van der Waals surface area contributed by atoms with E-state index in [9.17, 15) is 9.90 Å². The summed E-state index contributed by atoms with van der Waals surface area (Å²) in [6.07, 6.45) is 4.09. The standard InChI is InChI=1S/C33H37NO5/c1-8-33(6,7)29-24(15-17-28(35)30(29)32(3,4)5)26-19-34(9-2)27-16-14-23(18-25(26)27)39-38-20-21-10-12-22(13-11-21)31(36)37/h8,10-19,35H,1,9,20H2,2-7H3,(H,36,37). The van der Waals surface area contributed by atoms with Gasteiger partial charge in [-0.25, -0.2) is 4.79 Å². The van der Waals surface area contributed by atoms with Crippen molar-refractivity contribution in [1.82, 2.24) is 4.57 Å². The lowest BCUT2D eigenvalue weighted by atomic mass is 9.71. The third-order valence-electron chi connectivity index (χ3n) is 7.15. The number of hydrogen-bond donors (Lipinski definition) is 2. The van der Waals surface area contributed by atoms with Crippen LogP contribution in [-0.4, -0.2) is 20.7 Å².